The van der Waals surface area contributed by atoms with Gasteiger partial charge in [0.05, 0.1) is 22.1 Å². The molecule has 0 bridgehead atoms. The molecule has 9 nitrogen and oxygen atoms in total. The molecule has 0 spiro atoms. The summed E-state index contributed by atoms with van der Waals surface area (Å²) in [4.78, 5) is 26.4. The number of benzene rings is 1. The number of alkyl halides is 5. The lowest BCUT2D eigenvalue weighted by Gasteiger charge is -2.35. The second-order valence-electron chi connectivity index (χ2n) is 11.8. The third-order valence-electron chi connectivity index (χ3n) is 8.34. The first-order valence-electron chi connectivity index (χ1n) is 15.2. The molecule has 0 aliphatic carbocycles. The number of nitrogens with one attached hydrogen (secondary N) is 1. The molecule has 1 amide bonds. The van der Waals surface area contributed by atoms with Crippen molar-refractivity contribution in [2.24, 2.45) is 0 Å². The van der Waals surface area contributed by atoms with E-state index in [0.29, 0.717) is 64.5 Å². The van der Waals surface area contributed by atoms with Crippen LogP contribution in [0.3, 0.4) is 0 Å². The Labute approximate surface area is 288 Å². The van der Waals surface area contributed by atoms with E-state index in [1.165, 1.54) is 24.3 Å². The normalized spacial score (nSPS) is 18.9. The molecule has 1 aromatic carbocycles. The van der Waals surface area contributed by atoms with Crippen molar-refractivity contribution in [2.45, 2.75) is 41.9 Å². The summed E-state index contributed by atoms with van der Waals surface area (Å²) in [5.41, 5.74) is 1.55. The van der Waals surface area contributed by atoms with Crippen molar-refractivity contribution < 1.29 is 35.2 Å². The summed E-state index contributed by atoms with van der Waals surface area (Å²) >= 11 is 6.59. The Morgan fingerprint density at radius 2 is 1.67 bits per heavy atom. The molecular weight excluding hydrogens is 711 g/mol. The van der Waals surface area contributed by atoms with Crippen molar-refractivity contribution >= 4 is 44.7 Å². The van der Waals surface area contributed by atoms with E-state index in [0.717, 1.165) is 24.2 Å². The van der Waals surface area contributed by atoms with Gasteiger partial charge < -0.3 is 10.2 Å². The van der Waals surface area contributed by atoms with E-state index in [4.69, 9.17) is 16.6 Å². The van der Waals surface area contributed by atoms with Crippen molar-refractivity contribution in [3.63, 3.8) is 0 Å². The van der Waals surface area contributed by atoms with Crippen LogP contribution in [-0.4, -0.2) is 78.2 Å². The van der Waals surface area contributed by atoms with E-state index >= 15 is 0 Å². The van der Waals surface area contributed by atoms with Crippen LogP contribution in [0.25, 0.3) is 11.3 Å². The van der Waals surface area contributed by atoms with Crippen LogP contribution in [0.1, 0.15) is 23.1 Å². The molecule has 0 unspecified atom stereocenters. The van der Waals surface area contributed by atoms with Gasteiger partial charge in [-0.15, -0.1) is 11.3 Å². The summed E-state index contributed by atoms with van der Waals surface area (Å²) < 4.78 is 95.8. The second kappa shape index (κ2) is 13.9. The van der Waals surface area contributed by atoms with Gasteiger partial charge in [0.15, 0.2) is 0 Å². The number of hydrogen-bond donors (Lipinski definition) is 1. The summed E-state index contributed by atoms with van der Waals surface area (Å²) in [5, 5.41) is 2.60. The molecule has 5 heterocycles. The zero-order valence-electron chi connectivity index (χ0n) is 25.7. The van der Waals surface area contributed by atoms with Crippen LogP contribution in [0, 0.1) is 0 Å². The topological polar surface area (TPSA) is 98.7 Å². The highest BCUT2D eigenvalue weighted by molar-refractivity contribution is 7.91. The predicted octanol–water partition coefficient (Wildman–Crippen LogP) is 5.91. The number of piperazine rings is 1. The van der Waals surface area contributed by atoms with Gasteiger partial charge in [0.25, 0.3) is 15.9 Å². The van der Waals surface area contributed by atoms with Gasteiger partial charge >= 0.3 is 6.18 Å². The molecule has 1 N–H and O–H groups in total. The molecule has 2 aliphatic heterocycles. The Morgan fingerprint density at radius 1 is 0.980 bits per heavy atom. The summed E-state index contributed by atoms with van der Waals surface area (Å²) in [5.74, 6) is -3.83. The van der Waals surface area contributed by atoms with Gasteiger partial charge in [-0.2, -0.15) is 17.5 Å². The lowest BCUT2D eigenvalue weighted by Crippen LogP contribution is -2.46. The van der Waals surface area contributed by atoms with Crippen LogP contribution in [0.5, 0.6) is 0 Å². The predicted molar refractivity (Wildman–Crippen MR) is 175 cm³/mol. The first kappa shape index (κ1) is 35.1. The molecule has 1 atom stereocenters. The van der Waals surface area contributed by atoms with Gasteiger partial charge in [0.2, 0.25) is 5.91 Å². The van der Waals surface area contributed by atoms with E-state index in [1.54, 1.807) is 24.5 Å². The van der Waals surface area contributed by atoms with Gasteiger partial charge in [-0.3, -0.25) is 14.7 Å². The Kier molecular flexibility index (Phi) is 9.97. The summed E-state index contributed by atoms with van der Waals surface area (Å²) in [6.45, 7) is 2.00. The van der Waals surface area contributed by atoms with Crippen molar-refractivity contribution in [1.29, 1.82) is 0 Å². The Morgan fingerprint density at radius 3 is 2.31 bits per heavy atom. The van der Waals surface area contributed by atoms with Gasteiger partial charge in [0, 0.05) is 63.6 Å². The van der Waals surface area contributed by atoms with Gasteiger partial charge in [0.1, 0.15) is 16.1 Å². The molecule has 6 rings (SSSR count). The highest BCUT2D eigenvalue weighted by Gasteiger charge is 2.53. The van der Waals surface area contributed by atoms with Gasteiger partial charge in [-0.1, -0.05) is 23.7 Å². The summed E-state index contributed by atoms with van der Waals surface area (Å²) in [6, 6.07) is 12.6. The molecule has 0 radical (unpaired) electrons. The molecule has 4 aromatic rings. The average molecular weight is 741 g/mol. The maximum atomic E-state index is 14.6. The fraction of sp³-hybridized carbons (Fsp3) is 0.344. The zero-order chi connectivity index (χ0) is 35.0. The monoisotopic (exact) mass is 740 g/mol. The van der Waals surface area contributed by atoms with Crippen LogP contribution in [0.15, 0.2) is 77.3 Å². The van der Waals surface area contributed by atoms with Crippen LogP contribution < -0.4 is 10.2 Å². The van der Waals surface area contributed by atoms with Crippen LogP contribution in [-0.2, 0) is 34.1 Å². The minimum absolute atomic E-state index is 0.151. The molecule has 2 saturated heterocycles. The van der Waals surface area contributed by atoms with Gasteiger partial charge in [-0.25, -0.2) is 22.2 Å². The third kappa shape index (κ3) is 8.20. The maximum Gasteiger partial charge on any atom is 0.416 e. The summed E-state index contributed by atoms with van der Waals surface area (Å²) in [7, 11) is -4.45. The number of amides is 1. The smallest absolute Gasteiger partial charge is 0.354 e. The number of carbonyl (C=O) groups is 1. The van der Waals surface area contributed by atoms with Crippen LogP contribution in [0.4, 0.5) is 27.8 Å². The number of sulfonamides is 1. The molecule has 3 aromatic heterocycles. The number of pyridine rings is 2. The number of rotatable bonds is 9. The third-order valence-corrected chi connectivity index (χ3v) is 11.9. The first-order chi connectivity index (χ1) is 23.2. The quantitative estimate of drug-likeness (QED) is 0.213. The van der Waals surface area contributed by atoms with Gasteiger partial charge in [-0.05, 0) is 59.7 Å². The number of halogens is 6. The number of nitrogens with zero attached hydrogens (tertiary/aromatic N) is 5. The minimum Gasteiger partial charge on any atom is -0.354 e. The van der Waals surface area contributed by atoms with Crippen molar-refractivity contribution in [3.05, 3.63) is 94.1 Å². The highest BCUT2D eigenvalue weighted by atomic mass is 35.5. The average Bonchev–Trinajstić information content (AvgIpc) is 3.67. The molecular formula is C32H30ClF5N6O3S2. The number of thiophene rings is 1. The highest BCUT2D eigenvalue weighted by Crippen LogP contribution is 2.38. The standard InChI is InChI=1S/C32H30ClF5N6O3S2/c33-27-5-6-29(48-27)49(46,47)44-20-31(34,35)17-26(44)30(45)40-18-22-15-25(23-1-3-24(4-2-23)32(36,37)38)41-28(16-22)43-13-11-42(12-14-43)19-21-7-9-39-10-8-21/h1-10,15-16,26H,11-14,17-20H2,(H,40,45)/t26-/m0/s1. The van der Waals surface area contributed by atoms with Crippen molar-refractivity contribution in [2.75, 3.05) is 37.6 Å². The SMILES string of the molecule is O=C(NCc1cc(-c2ccc(C(F)(F)F)cc2)nc(N2CCN(Cc3ccncc3)CC2)c1)[C@@H]1CC(F)(F)CN1S(=O)(=O)c1ccc(Cl)s1. The largest absolute Gasteiger partial charge is 0.416 e. The van der Waals surface area contributed by atoms with E-state index in [9.17, 15) is 35.2 Å². The lowest BCUT2D eigenvalue weighted by atomic mass is 10.1. The Hall–Kier alpha value is -3.70. The first-order valence-corrected chi connectivity index (χ1v) is 17.8. The van der Waals surface area contributed by atoms with E-state index in [-0.39, 0.29) is 15.1 Å². The zero-order valence-corrected chi connectivity index (χ0v) is 28.1. The summed E-state index contributed by atoms with van der Waals surface area (Å²) in [6.07, 6.45) is -2.05. The molecule has 260 valence electrons. The number of hydrogen-bond acceptors (Lipinski definition) is 8. The van der Waals surface area contributed by atoms with Crippen LogP contribution >= 0.6 is 22.9 Å². The van der Waals surface area contributed by atoms with E-state index < -0.39 is 52.6 Å². The molecule has 49 heavy (non-hydrogen) atoms. The van der Waals surface area contributed by atoms with Crippen molar-refractivity contribution in [1.82, 2.24) is 24.5 Å². The maximum absolute atomic E-state index is 14.6. The van der Waals surface area contributed by atoms with E-state index in [2.05, 4.69) is 15.2 Å². The second-order valence-corrected chi connectivity index (χ2v) is 15.6. The fourth-order valence-electron chi connectivity index (χ4n) is 5.82. The van der Waals surface area contributed by atoms with Crippen LogP contribution in [0.2, 0.25) is 4.34 Å². The molecule has 17 heteroatoms. The fourth-order valence-corrected chi connectivity index (χ4v) is 9.04. The Bertz CT molecular complexity index is 1900. The van der Waals surface area contributed by atoms with E-state index in [1.807, 2.05) is 17.0 Å². The van der Waals surface area contributed by atoms with Crippen molar-refractivity contribution in [3.8, 4) is 11.3 Å². The number of carbonyl (C=O) groups excluding carboxylic acids is 1. The molecule has 0 saturated carbocycles. The molecule has 2 aliphatic rings. The Balaban J connectivity index is 1.23. The molecule has 2 fully saturated rings. The number of aromatic nitrogens is 2. The minimum atomic E-state index is -4.52. The lowest BCUT2D eigenvalue weighted by molar-refractivity contribution is -0.137. The number of anilines is 1.